The van der Waals surface area contributed by atoms with Crippen molar-refractivity contribution in [3.63, 3.8) is 0 Å². The van der Waals surface area contributed by atoms with Crippen molar-refractivity contribution in [2.75, 3.05) is 6.54 Å². The highest BCUT2D eigenvalue weighted by molar-refractivity contribution is 7.11. The molecule has 3 atom stereocenters. The van der Waals surface area contributed by atoms with Crippen LogP contribution in [0, 0.1) is 17.3 Å². The number of nitrogens with zero attached hydrogens (tertiary/aromatic N) is 1. The number of allylic oxidation sites excluding steroid dienone is 1. The van der Waals surface area contributed by atoms with Crippen LogP contribution in [0.5, 0.6) is 0 Å². The summed E-state index contributed by atoms with van der Waals surface area (Å²) in [7, 11) is 0. The van der Waals surface area contributed by atoms with Crippen LogP contribution in [-0.4, -0.2) is 22.3 Å². The third kappa shape index (κ3) is 5.89. The highest BCUT2D eigenvalue weighted by atomic mass is 32.1. The van der Waals surface area contributed by atoms with Crippen LogP contribution in [-0.2, 0) is 0 Å². The van der Waals surface area contributed by atoms with E-state index in [1.807, 2.05) is 37.6 Å². The molecule has 0 radical (unpaired) electrons. The van der Waals surface area contributed by atoms with Crippen molar-refractivity contribution in [2.24, 2.45) is 28.8 Å². The third-order valence-corrected chi connectivity index (χ3v) is 8.35. The van der Waals surface area contributed by atoms with Gasteiger partial charge in [-0.3, -0.25) is 0 Å². The van der Waals surface area contributed by atoms with Crippen molar-refractivity contribution >= 4 is 17.0 Å². The SMILES string of the molecule is CC(C)(O)CCCCC1CCC2/C(=C/CN(N)/C=C(\N)c3cccs3)CCCC12C. The lowest BCUT2D eigenvalue weighted by Crippen LogP contribution is -2.34. The summed E-state index contributed by atoms with van der Waals surface area (Å²) in [6, 6.07) is 4.03. The molecule has 168 valence electrons. The number of unbranched alkanes of at least 4 members (excludes halogenated alkanes) is 1. The lowest BCUT2D eigenvalue weighted by molar-refractivity contribution is 0.0659. The van der Waals surface area contributed by atoms with Crippen LogP contribution in [0.4, 0.5) is 0 Å². The number of hydrazine groups is 1. The summed E-state index contributed by atoms with van der Waals surface area (Å²) < 4.78 is 0. The van der Waals surface area contributed by atoms with Gasteiger partial charge in [-0.05, 0) is 87.5 Å². The van der Waals surface area contributed by atoms with Gasteiger partial charge >= 0.3 is 0 Å². The van der Waals surface area contributed by atoms with E-state index in [-0.39, 0.29) is 0 Å². The molecule has 1 aromatic heterocycles. The van der Waals surface area contributed by atoms with Gasteiger partial charge in [0.05, 0.1) is 22.7 Å². The van der Waals surface area contributed by atoms with Crippen LogP contribution in [0.2, 0.25) is 0 Å². The standard InChI is InChI=1S/C25H41N3OS/c1-24(2,29)14-5-4-9-20-11-12-21-19(8-6-15-25(20,21)3)13-16-28(27)18-22(26)23-10-7-17-30-23/h7,10,13,17-18,20-21,29H,4-6,8-9,11-12,14-16,26-27H2,1-3H3/b19-13+,22-18-. The smallest absolute Gasteiger partial charge is 0.0665 e. The Hall–Kier alpha value is -1.30. The Bertz CT molecular complexity index is 734. The minimum atomic E-state index is -0.529. The summed E-state index contributed by atoms with van der Waals surface area (Å²) in [5.41, 5.74) is 8.42. The molecule has 3 unspecified atom stereocenters. The van der Waals surface area contributed by atoms with Gasteiger partial charge in [0, 0.05) is 6.20 Å². The number of fused-ring (bicyclic) bond motifs is 1. The average molecular weight is 432 g/mol. The van der Waals surface area contributed by atoms with Crippen molar-refractivity contribution in [3.05, 3.63) is 40.2 Å². The molecule has 2 aliphatic rings. The molecule has 1 heterocycles. The molecule has 2 fully saturated rings. The molecular weight excluding hydrogens is 390 g/mol. The zero-order valence-electron chi connectivity index (χ0n) is 19.1. The lowest BCUT2D eigenvalue weighted by atomic mass is 9.62. The molecule has 0 amide bonds. The van der Waals surface area contributed by atoms with Crippen molar-refractivity contribution in [1.82, 2.24) is 5.01 Å². The van der Waals surface area contributed by atoms with E-state index in [0.717, 1.165) is 29.3 Å². The van der Waals surface area contributed by atoms with Gasteiger partial charge < -0.3 is 15.8 Å². The van der Waals surface area contributed by atoms with Crippen molar-refractivity contribution in [2.45, 2.75) is 84.2 Å². The first-order chi connectivity index (χ1) is 14.2. The quantitative estimate of drug-likeness (QED) is 0.204. The first-order valence-electron chi connectivity index (χ1n) is 11.6. The van der Waals surface area contributed by atoms with Crippen LogP contribution < -0.4 is 11.6 Å². The van der Waals surface area contributed by atoms with Gasteiger partial charge in [-0.15, -0.1) is 11.3 Å². The Labute approximate surface area is 187 Å². The number of aliphatic hydroxyl groups is 1. The predicted octanol–water partition coefficient (Wildman–Crippen LogP) is 5.66. The lowest BCUT2D eigenvalue weighted by Gasteiger charge is -2.42. The summed E-state index contributed by atoms with van der Waals surface area (Å²) in [6.45, 7) is 7.08. The molecule has 0 aromatic carbocycles. The molecule has 2 saturated carbocycles. The normalized spacial score (nSPS) is 28.7. The molecular formula is C25H41N3OS. The zero-order chi connectivity index (χ0) is 21.8. The summed E-state index contributed by atoms with van der Waals surface area (Å²) in [5.74, 6) is 7.75. The Morgan fingerprint density at radius 2 is 2.17 bits per heavy atom. The Kier molecular flexibility index (Phi) is 7.70. The fourth-order valence-electron chi connectivity index (χ4n) is 5.77. The summed E-state index contributed by atoms with van der Waals surface area (Å²) >= 11 is 1.64. The fraction of sp³-hybridized carbons (Fsp3) is 0.680. The second-order valence-electron chi connectivity index (χ2n) is 10.3. The maximum Gasteiger partial charge on any atom is 0.0665 e. The molecule has 0 spiro atoms. The van der Waals surface area contributed by atoms with E-state index in [2.05, 4.69) is 13.0 Å². The minimum Gasteiger partial charge on any atom is -0.396 e. The number of hydrogen-bond donors (Lipinski definition) is 3. The molecule has 0 saturated heterocycles. The van der Waals surface area contributed by atoms with E-state index >= 15 is 0 Å². The Morgan fingerprint density at radius 3 is 2.87 bits per heavy atom. The molecule has 1 aromatic rings. The molecule has 0 bridgehead atoms. The first-order valence-corrected chi connectivity index (χ1v) is 12.5. The molecule has 5 heteroatoms. The first kappa shape index (κ1) is 23.4. The topological polar surface area (TPSA) is 75.5 Å². The van der Waals surface area contributed by atoms with Crippen molar-refractivity contribution < 1.29 is 5.11 Å². The number of hydrogen-bond acceptors (Lipinski definition) is 5. The summed E-state index contributed by atoms with van der Waals surface area (Å²) in [4.78, 5) is 1.06. The largest absolute Gasteiger partial charge is 0.396 e. The number of nitrogens with two attached hydrogens (primary N) is 2. The molecule has 4 nitrogen and oxygen atoms in total. The molecule has 2 aliphatic carbocycles. The van der Waals surface area contributed by atoms with Crippen LogP contribution in [0.1, 0.15) is 83.4 Å². The van der Waals surface area contributed by atoms with Crippen LogP contribution >= 0.6 is 11.3 Å². The maximum atomic E-state index is 9.96. The van der Waals surface area contributed by atoms with E-state index in [4.69, 9.17) is 11.6 Å². The van der Waals surface area contributed by atoms with E-state index in [9.17, 15) is 5.11 Å². The predicted molar refractivity (Wildman–Crippen MR) is 128 cm³/mol. The summed E-state index contributed by atoms with van der Waals surface area (Å²) in [6.07, 6.45) is 15.3. The monoisotopic (exact) mass is 431 g/mol. The van der Waals surface area contributed by atoms with Crippen LogP contribution in [0.3, 0.4) is 0 Å². The molecule has 0 aliphatic heterocycles. The van der Waals surface area contributed by atoms with Crippen LogP contribution in [0.15, 0.2) is 35.4 Å². The van der Waals surface area contributed by atoms with Gasteiger partial charge in [0.15, 0.2) is 0 Å². The van der Waals surface area contributed by atoms with E-state index in [1.54, 1.807) is 21.9 Å². The minimum absolute atomic E-state index is 0.435. The average Bonchev–Trinajstić information content (AvgIpc) is 3.31. The third-order valence-electron chi connectivity index (χ3n) is 7.43. The van der Waals surface area contributed by atoms with Gasteiger partial charge in [-0.2, -0.15) is 0 Å². The van der Waals surface area contributed by atoms with Gasteiger partial charge in [0.25, 0.3) is 0 Å². The Balaban J connectivity index is 1.57. The summed E-state index contributed by atoms with van der Waals surface area (Å²) in [5, 5.41) is 13.7. The number of rotatable bonds is 9. The maximum absolute atomic E-state index is 9.96. The Morgan fingerprint density at radius 1 is 1.37 bits per heavy atom. The highest BCUT2D eigenvalue weighted by Crippen LogP contribution is 2.58. The molecule has 3 rings (SSSR count). The van der Waals surface area contributed by atoms with Crippen LogP contribution in [0.25, 0.3) is 5.70 Å². The van der Waals surface area contributed by atoms with E-state index in [1.165, 1.54) is 44.9 Å². The van der Waals surface area contributed by atoms with Gasteiger partial charge in [-0.25, -0.2) is 5.84 Å². The van der Waals surface area contributed by atoms with Gasteiger partial charge in [0.2, 0.25) is 0 Å². The van der Waals surface area contributed by atoms with Gasteiger partial charge in [0.1, 0.15) is 0 Å². The van der Waals surface area contributed by atoms with Crippen molar-refractivity contribution in [3.8, 4) is 0 Å². The molecule has 5 N–H and O–H groups in total. The second-order valence-corrected chi connectivity index (χ2v) is 11.2. The fourth-order valence-corrected chi connectivity index (χ4v) is 6.42. The molecule has 30 heavy (non-hydrogen) atoms. The zero-order valence-corrected chi connectivity index (χ0v) is 19.9. The van der Waals surface area contributed by atoms with E-state index in [0.29, 0.717) is 17.9 Å². The number of thiophene rings is 1. The second kappa shape index (κ2) is 9.88. The van der Waals surface area contributed by atoms with Gasteiger partial charge in [-0.1, -0.05) is 37.5 Å². The van der Waals surface area contributed by atoms with E-state index < -0.39 is 5.60 Å². The highest BCUT2D eigenvalue weighted by Gasteiger charge is 2.48. The van der Waals surface area contributed by atoms with Crippen molar-refractivity contribution in [1.29, 1.82) is 0 Å².